The number of nitrogens with one attached hydrogen (secondary N) is 1. The average Bonchev–Trinajstić information content (AvgIpc) is 3.07. The van der Waals surface area contributed by atoms with Crippen LogP contribution in [-0.2, 0) is 14.3 Å². The number of carbonyl (C=O) groups is 2. The van der Waals surface area contributed by atoms with E-state index in [1.54, 1.807) is 0 Å². The van der Waals surface area contributed by atoms with Crippen LogP contribution in [-0.4, -0.2) is 39.9 Å². The SMILES string of the molecule is C[C@H](OCC(=O)Nc1nnc(C2CC2)o1)C(=O)O. The van der Waals surface area contributed by atoms with Gasteiger partial charge in [-0.25, -0.2) is 4.79 Å². The van der Waals surface area contributed by atoms with Crippen molar-refractivity contribution in [2.75, 3.05) is 11.9 Å². The van der Waals surface area contributed by atoms with Crippen LogP contribution in [0.15, 0.2) is 4.42 Å². The summed E-state index contributed by atoms with van der Waals surface area (Å²) >= 11 is 0. The van der Waals surface area contributed by atoms with Crippen LogP contribution >= 0.6 is 0 Å². The van der Waals surface area contributed by atoms with E-state index < -0.39 is 18.0 Å². The maximum Gasteiger partial charge on any atom is 0.332 e. The lowest BCUT2D eigenvalue weighted by Gasteiger charge is -2.06. The second-order valence-electron chi connectivity index (χ2n) is 4.06. The highest BCUT2D eigenvalue weighted by Gasteiger charge is 2.29. The molecule has 1 fully saturated rings. The van der Waals surface area contributed by atoms with Crippen LogP contribution in [0, 0.1) is 0 Å². The maximum absolute atomic E-state index is 11.4. The second kappa shape index (κ2) is 5.13. The quantitative estimate of drug-likeness (QED) is 0.754. The van der Waals surface area contributed by atoms with Crippen molar-refractivity contribution in [3.8, 4) is 0 Å². The largest absolute Gasteiger partial charge is 0.479 e. The molecule has 0 aliphatic heterocycles. The molecule has 2 N–H and O–H groups in total. The normalized spacial score (nSPS) is 16.3. The standard InChI is InChI=1S/C10H13N3O5/c1-5(9(15)16)17-4-7(14)11-10-13-12-8(18-10)6-2-3-6/h5-6H,2-4H2,1H3,(H,15,16)(H,11,13,14)/t5-/m0/s1. The number of carbonyl (C=O) groups excluding carboxylic acids is 1. The summed E-state index contributed by atoms with van der Waals surface area (Å²) in [7, 11) is 0. The van der Waals surface area contributed by atoms with Crippen LogP contribution in [0.3, 0.4) is 0 Å². The lowest BCUT2D eigenvalue weighted by atomic mass is 10.4. The molecule has 2 rings (SSSR count). The number of nitrogens with zero attached hydrogens (tertiary/aromatic N) is 2. The number of anilines is 1. The Bertz CT molecular complexity index is 454. The molecule has 98 valence electrons. The molecular weight excluding hydrogens is 242 g/mol. The number of ether oxygens (including phenoxy) is 1. The van der Waals surface area contributed by atoms with Gasteiger partial charge in [0.05, 0.1) is 0 Å². The van der Waals surface area contributed by atoms with E-state index in [2.05, 4.69) is 15.5 Å². The zero-order valence-corrected chi connectivity index (χ0v) is 9.75. The Kier molecular flexibility index (Phi) is 3.56. The van der Waals surface area contributed by atoms with E-state index in [0.717, 1.165) is 12.8 Å². The van der Waals surface area contributed by atoms with Crippen molar-refractivity contribution in [1.29, 1.82) is 0 Å². The number of carboxylic acids is 1. The zero-order valence-electron chi connectivity index (χ0n) is 9.75. The lowest BCUT2D eigenvalue weighted by molar-refractivity contribution is -0.150. The fraction of sp³-hybridized carbons (Fsp3) is 0.600. The Morgan fingerprint density at radius 3 is 2.89 bits per heavy atom. The molecule has 0 radical (unpaired) electrons. The van der Waals surface area contributed by atoms with Crippen LogP contribution in [0.25, 0.3) is 0 Å². The Balaban J connectivity index is 1.77. The van der Waals surface area contributed by atoms with Gasteiger partial charge >= 0.3 is 12.0 Å². The van der Waals surface area contributed by atoms with Gasteiger partial charge in [-0.3, -0.25) is 10.1 Å². The van der Waals surface area contributed by atoms with E-state index in [1.165, 1.54) is 6.92 Å². The van der Waals surface area contributed by atoms with Crippen molar-refractivity contribution in [3.05, 3.63) is 5.89 Å². The number of rotatable bonds is 6. The van der Waals surface area contributed by atoms with Crippen molar-refractivity contribution in [1.82, 2.24) is 10.2 Å². The highest BCUT2D eigenvalue weighted by molar-refractivity contribution is 5.89. The van der Waals surface area contributed by atoms with Gasteiger partial charge in [0.25, 0.3) is 5.91 Å². The van der Waals surface area contributed by atoms with E-state index in [1.807, 2.05) is 0 Å². The summed E-state index contributed by atoms with van der Waals surface area (Å²) in [6.07, 6.45) is 1.00. The number of hydrogen-bond acceptors (Lipinski definition) is 6. The first-order valence-corrected chi connectivity index (χ1v) is 5.54. The van der Waals surface area contributed by atoms with Gasteiger partial charge in [0.15, 0.2) is 6.10 Å². The van der Waals surface area contributed by atoms with Crippen LogP contribution in [0.2, 0.25) is 0 Å². The van der Waals surface area contributed by atoms with Crippen LogP contribution < -0.4 is 5.32 Å². The second-order valence-corrected chi connectivity index (χ2v) is 4.06. The molecule has 1 heterocycles. The summed E-state index contributed by atoms with van der Waals surface area (Å²) in [5.74, 6) is -0.831. The maximum atomic E-state index is 11.4. The Hall–Kier alpha value is -1.96. The van der Waals surface area contributed by atoms with Gasteiger partial charge in [0.2, 0.25) is 5.89 Å². The summed E-state index contributed by atoms with van der Waals surface area (Å²) in [4.78, 5) is 21.8. The van der Waals surface area contributed by atoms with Crippen molar-refractivity contribution in [3.63, 3.8) is 0 Å². The summed E-state index contributed by atoms with van der Waals surface area (Å²) in [5.41, 5.74) is 0. The number of amides is 1. The topological polar surface area (TPSA) is 115 Å². The van der Waals surface area contributed by atoms with Crippen LogP contribution in [0.5, 0.6) is 0 Å². The van der Waals surface area contributed by atoms with E-state index in [9.17, 15) is 9.59 Å². The van der Waals surface area contributed by atoms with E-state index in [0.29, 0.717) is 11.8 Å². The predicted octanol–water partition coefficient (Wildman–Crippen LogP) is 0.375. The zero-order chi connectivity index (χ0) is 13.1. The Morgan fingerprint density at radius 2 is 2.28 bits per heavy atom. The summed E-state index contributed by atoms with van der Waals surface area (Å²) < 4.78 is 10.0. The smallest absolute Gasteiger partial charge is 0.332 e. The molecule has 0 aromatic carbocycles. The van der Waals surface area contributed by atoms with Crippen molar-refractivity contribution >= 4 is 17.9 Å². The van der Waals surface area contributed by atoms with Crippen LogP contribution in [0.1, 0.15) is 31.6 Å². The monoisotopic (exact) mass is 255 g/mol. The molecule has 1 aliphatic rings. The van der Waals surface area contributed by atoms with Crippen molar-refractivity contribution in [2.45, 2.75) is 31.8 Å². The third-order valence-corrected chi connectivity index (χ3v) is 2.43. The van der Waals surface area contributed by atoms with Crippen LogP contribution in [0.4, 0.5) is 6.01 Å². The molecule has 1 amide bonds. The summed E-state index contributed by atoms with van der Waals surface area (Å²) in [6, 6.07) is 0.00785. The first-order chi connectivity index (χ1) is 8.56. The lowest BCUT2D eigenvalue weighted by Crippen LogP contribution is -2.26. The van der Waals surface area contributed by atoms with E-state index in [4.69, 9.17) is 14.3 Å². The summed E-state index contributed by atoms with van der Waals surface area (Å²) in [5, 5.41) is 18.3. The first-order valence-electron chi connectivity index (χ1n) is 5.54. The van der Waals surface area contributed by atoms with Gasteiger partial charge in [-0.05, 0) is 19.8 Å². The third kappa shape index (κ3) is 3.27. The van der Waals surface area contributed by atoms with E-state index >= 15 is 0 Å². The molecule has 1 saturated carbocycles. The molecule has 1 aromatic rings. The molecule has 8 heteroatoms. The number of aliphatic carboxylic acids is 1. The van der Waals surface area contributed by atoms with Gasteiger partial charge < -0.3 is 14.3 Å². The van der Waals surface area contributed by atoms with Gasteiger partial charge in [-0.15, -0.1) is 5.10 Å². The van der Waals surface area contributed by atoms with Gasteiger partial charge in [0, 0.05) is 5.92 Å². The van der Waals surface area contributed by atoms with Gasteiger partial charge in [-0.2, -0.15) is 0 Å². The first kappa shape index (κ1) is 12.5. The molecule has 1 aliphatic carbocycles. The Morgan fingerprint density at radius 1 is 1.56 bits per heavy atom. The molecular formula is C10H13N3O5. The number of hydrogen-bond donors (Lipinski definition) is 2. The average molecular weight is 255 g/mol. The molecule has 1 aromatic heterocycles. The minimum Gasteiger partial charge on any atom is -0.479 e. The highest BCUT2D eigenvalue weighted by atomic mass is 16.5. The molecule has 1 atom stereocenters. The molecule has 0 unspecified atom stereocenters. The molecule has 0 spiro atoms. The Labute approximate surface area is 102 Å². The summed E-state index contributed by atoms with van der Waals surface area (Å²) in [6.45, 7) is 0.960. The number of aromatic nitrogens is 2. The molecule has 0 bridgehead atoms. The van der Waals surface area contributed by atoms with Gasteiger partial charge in [0.1, 0.15) is 6.61 Å². The molecule has 0 saturated heterocycles. The fourth-order valence-corrected chi connectivity index (χ4v) is 1.21. The predicted molar refractivity (Wildman–Crippen MR) is 58.0 cm³/mol. The highest BCUT2D eigenvalue weighted by Crippen LogP contribution is 2.39. The minimum absolute atomic E-state index is 0.00785. The molecule has 8 nitrogen and oxygen atoms in total. The third-order valence-electron chi connectivity index (χ3n) is 2.43. The van der Waals surface area contributed by atoms with Crippen molar-refractivity contribution < 1.29 is 23.8 Å². The molecule has 18 heavy (non-hydrogen) atoms. The van der Waals surface area contributed by atoms with E-state index in [-0.39, 0.29) is 12.6 Å². The minimum atomic E-state index is -1.13. The fourth-order valence-electron chi connectivity index (χ4n) is 1.21. The van der Waals surface area contributed by atoms with Crippen molar-refractivity contribution in [2.24, 2.45) is 0 Å². The number of carboxylic acid groups (broad SMARTS) is 1. The van der Waals surface area contributed by atoms with Gasteiger partial charge in [-0.1, -0.05) is 5.10 Å².